The van der Waals surface area contributed by atoms with Gasteiger partial charge >= 0.3 is 6.09 Å². The summed E-state index contributed by atoms with van der Waals surface area (Å²) in [5, 5.41) is 9.67. The Hall–Kier alpha value is -1.97. The minimum Gasteiger partial charge on any atom is -0.464 e. The summed E-state index contributed by atoms with van der Waals surface area (Å²) in [7, 11) is 0. The van der Waals surface area contributed by atoms with E-state index in [1.165, 1.54) is 0 Å². The second-order valence-corrected chi connectivity index (χ2v) is 2.75. The van der Waals surface area contributed by atoms with Crippen LogP contribution in [0.5, 0.6) is 0 Å². The van der Waals surface area contributed by atoms with E-state index in [-0.39, 0.29) is 5.82 Å². The highest BCUT2D eigenvalue weighted by Gasteiger charge is 2.10. The van der Waals surface area contributed by atoms with E-state index in [9.17, 15) is 4.79 Å². The fraction of sp³-hybridized carbons (Fsp3) is 0. The summed E-state index contributed by atoms with van der Waals surface area (Å²) < 4.78 is 1.06. The van der Waals surface area contributed by atoms with Crippen LogP contribution in [-0.2, 0) is 0 Å². The highest BCUT2D eigenvalue weighted by atomic mass is 16.4. The number of anilines is 1. The molecule has 4 nitrogen and oxygen atoms in total. The van der Waals surface area contributed by atoms with Gasteiger partial charge in [-0.2, -0.15) is 0 Å². The number of benzene rings is 1. The molecule has 3 N–H and O–H groups in total. The van der Waals surface area contributed by atoms with Crippen molar-refractivity contribution in [3.05, 3.63) is 30.3 Å². The first-order chi connectivity index (χ1) is 6.20. The van der Waals surface area contributed by atoms with E-state index in [0.29, 0.717) is 5.52 Å². The molecule has 1 aromatic heterocycles. The number of hydrogen-bond acceptors (Lipinski definition) is 2. The second kappa shape index (κ2) is 2.52. The Morgan fingerprint density at radius 2 is 2.08 bits per heavy atom. The van der Waals surface area contributed by atoms with Crippen LogP contribution >= 0.6 is 0 Å². The van der Waals surface area contributed by atoms with Gasteiger partial charge in [0, 0.05) is 5.39 Å². The molecule has 0 saturated carbocycles. The van der Waals surface area contributed by atoms with Gasteiger partial charge in [0.2, 0.25) is 0 Å². The van der Waals surface area contributed by atoms with E-state index in [0.717, 1.165) is 9.95 Å². The van der Waals surface area contributed by atoms with Gasteiger partial charge in [-0.05, 0) is 12.1 Å². The lowest BCUT2D eigenvalue weighted by Gasteiger charge is -1.98. The summed E-state index contributed by atoms with van der Waals surface area (Å²) in [6.45, 7) is 0. The van der Waals surface area contributed by atoms with Crippen LogP contribution in [0.25, 0.3) is 10.9 Å². The molecule has 0 spiro atoms. The topological polar surface area (TPSA) is 68.2 Å². The monoisotopic (exact) mass is 176 g/mol. The Kier molecular flexibility index (Phi) is 1.48. The second-order valence-electron chi connectivity index (χ2n) is 2.75. The largest absolute Gasteiger partial charge is 0.464 e. The van der Waals surface area contributed by atoms with Crippen molar-refractivity contribution in [2.24, 2.45) is 0 Å². The molecule has 0 unspecified atom stereocenters. The highest BCUT2D eigenvalue weighted by molar-refractivity contribution is 5.93. The van der Waals surface area contributed by atoms with Gasteiger partial charge < -0.3 is 10.8 Å². The number of para-hydroxylation sites is 1. The van der Waals surface area contributed by atoms with Crippen molar-refractivity contribution < 1.29 is 9.90 Å². The summed E-state index contributed by atoms with van der Waals surface area (Å²) in [5.41, 5.74) is 6.15. The van der Waals surface area contributed by atoms with Crippen LogP contribution in [-0.4, -0.2) is 15.8 Å². The van der Waals surface area contributed by atoms with E-state index in [1.54, 1.807) is 18.2 Å². The van der Waals surface area contributed by atoms with Crippen molar-refractivity contribution in [2.75, 3.05) is 5.73 Å². The molecule has 13 heavy (non-hydrogen) atoms. The van der Waals surface area contributed by atoms with Crippen molar-refractivity contribution >= 4 is 22.8 Å². The number of hydrogen-bond donors (Lipinski definition) is 2. The SMILES string of the molecule is Nc1cc2ccccc2n1C(=O)O. The fourth-order valence-corrected chi connectivity index (χ4v) is 1.39. The van der Waals surface area contributed by atoms with Gasteiger partial charge in [0.05, 0.1) is 5.52 Å². The number of fused-ring (bicyclic) bond motifs is 1. The van der Waals surface area contributed by atoms with Crippen LogP contribution in [0.4, 0.5) is 10.6 Å². The van der Waals surface area contributed by atoms with Crippen molar-refractivity contribution in [1.82, 2.24) is 4.57 Å². The smallest absolute Gasteiger partial charge is 0.417 e. The first-order valence-electron chi connectivity index (χ1n) is 3.79. The molecule has 1 aromatic carbocycles. The minimum atomic E-state index is -1.06. The summed E-state index contributed by atoms with van der Waals surface area (Å²) in [6, 6.07) is 8.81. The maximum Gasteiger partial charge on any atom is 0.417 e. The van der Waals surface area contributed by atoms with Gasteiger partial charge in [-0.1, -0.05) is 18.2 Å². The van der Waals surface area contributed by atoms with Crippen LogP contribution in [0, 0.1) is 0 Å². The average Bonchev–Trinajstić information content (AvgIpc) is 2.39. The lowest BCUT2D eigenvalue weighted by molar-refractivity contribution is 0.198. The van der Waals surface area contributed by atoms with Crippen LogP contribution in [0.1, 0.15) is 0 Å². The van der Waals surface area contributed by atoms with E-state index in [2.05, 4.69) is 0 Å². The summed E-state index contributed by atoms with van der Waals surface area (Å²) in [6.07, 6.45) is -1.06. The maximum absolute atomic E-state index is 10.8. The van der Waals surface area contributed by atoms with Crippen molar-refractivity contribution in [3.8, 4) is 0 Å². The molecule has 0 aliphatic carbocycles. The Morgan fingerprint density at radius 3 is 2.77 bits per heavy atom. The van der Waals surface area contributed by atoms with E-state index >= 15 is 0 Å². The van der Waals surface area contributed by atoms with Gasteiger partial charge in [0.1, 0.15) is 5.82 Å². The van der Waals surface area contributed by atoms with Crippen molar-refractivity contribution in [1.29, 1.82) is 0 Å². The third-order valence-electron chi connectivity index (χ3n) is 1.93. The highest BCUT2D eigenvalue weighted by Crippen LogP contribution is 2.20. The van der Waals surface area contributed by atoms with Crippen LogP contribution in [0.2, 0.25) is 0 Å². The molecule has 0 aliphatic rings. The van der Waals surface area contributed by atoms with Gasteiger partial charge in [0.25, 0.3) is 0 Å². The van der Waals surface area contributed by atoms with Crippen molar-refractivity contribution in [3.63, 3.8) is 0 Å². The third kappa shape index (κ3) is 1.03. The Labute approximate surface area is 74.2 Å². The zero-order chi connectivity index (χ0) is 9.42. The summed E-state index contributed by atoms with van der Waals surface area (Å²) in [5.74, 6) is 0.244. The normalized spacial score (nSPS) is 10.5. The van der Waals surface area contributed by atoms with E-state index in [1.807, 2.05) is 12.1 Å². The van der Waals surface area contributed by atoms with Gasteiger partial charge in [-0.15, -0.1) is 0 Å². The van der Waals surface area contributed by atoms with E-state index in [4.69, 9.17) is 10.8 Å². The standard InChI is InChI=1S/C9H8N2O2/c10-8-5-6-3-1-2-4-7(6)11(8)9(12)13/h1-5H,10H2,(H,12,13). The minimum absolute atomic E-state index is 0.244. The quantitative estimate of drug-likeness (QED) is 0.642. The lowest BCUT2D eigenvalue weighted by atomic mass is 10.2. The molecular formula is C9H8N2O2. The number of rotatable bonds is 0. The third-order valence-corrected chi connectivity index (χ3v) is 1.93. The van der Waals surface area contributed by atoms with Gasteiger partial charge in [-0.25, -0.2) is 9.36 Å². The zero-order valence-electron chi connectivity index (χ0n) is 6.77. The number of nitrogens with two attached hydrogens (primary N) is 1. The number of nitrogen functional groups attached to an aromatic ring is 1. The molecule has 0 saturated heterocycles. The molecule has 0 aliphatic heterocycles. The molecule has 2 rings (SSSR count). The number of aromatic nitrogens is 1. The molecule has 0 bridgehead atoms. The van der Waals surface area contributed by atoms with E-state index < -0.39 is 6.09 Å². The van der Waals surface area contributed by atoms with Crippen molar-refractivity contribution in [2.45, 2.75) is 0 Å². The molecule has 2 aromatic rings. The first kappa shape index (κ1) is 7.67. The molecule has 0 radical (unpaired) electrons. The van der Waals surface area contributed by atoms with Gasteiger partial charge in [0.15, 0.2) is 0 Å². The van der Waals surface area contributed by atoms with Crippen LogP contribution in [0.15, 0.2) is 30.3 Å². The number of nitrogens with zero attached hydrogens (tertiary/aromatic N) is 1. The molecule has 1 heterocycles. The molecule has 0 fully saturated rings. The molecule has 0 atom stereocenters. The van der Waals surface area contributed by atoms with Crippen LogP contribution in [0.3, 0.4) is 0 Å². The predicted molar refractivity (Wildman–Crippen MR) is 49.8 cm³/mol. The molecule has 66 valence electrons. The molecule has 0 amide bonds. The molecular weight excluding hydrogens is 168 g/mol. The first-order valence-corrected chi connectivity index (χ1v) is 3.79. The fourth-order valence-electron chi connectivity index (χ4n) is 1.39. The average molecular weight is 176 g/mol. The lowest BCUT2D eigenvalue weighted by Crippen LogP contribution is -2.10. The zero-order valence-corrected chi connectivity index (χ0v) is 6.77. The predicted octanol–water partition coefficient (Wildman–Crippen LogP) is 1.75. The van der Waals surface area contributed by atoms with Crippen LogP contribution < -0.4 is 5.73 Å². The summed E-state index contributed by atoms with van der Waals surface area (Å²) >= 11 is 0. The maximum atomic E-state index is 10.8. The summed E-state index contributed by atoms with van der Waals surface area (Å²) in [4.78, 5) is 10.8. The Balaban J connectivity index is 2.86. The number of carboxylic acid groups (broad SMARTS) is 1. The number of carbonyl (C=O) groups is 1. The Bertz CT molecular complexity index is 473. The van der Waals surface area contributed by atoms with Gasteiger partial charge in [-0.3, -0.25) is 0 Å². The molecule has 4 heteroatoms. The Morgan fingerprint density at radius 1 is 1.38 bits per heavy atom.